The number of allylic oxidation sites excluding steroid dienone is 1. The van der Waals surface area contributed by atoms with Gasteiger partial charge < -0.3 is 9.47 Å². The van der Waals surface area contributed by atoms with Gasteiger partial charge in [-0.25, -0.2) is 4.99 Å². The summed E-state index contributed by atoms with van der Waals surface area (Å²) >= 11 is 0. The first-order valence-corrected chi connectivity index (χ1v) is 19.6. The van der Waals surface area contributed by atoms with E-state index >= 15 is 0 Å². The van der Waals surface area contributed by atoms with Crippen molar-refractivity contribution in [2.45, 2.75) is 12.3 Å². The third-order valence-corrected chi connectivity index (χ3v) is 11.9. The van der Waals surface area contributed by atoms with Crippen LogP contribution in [0.5, 0.6) is 0 Å². The molecule has 56 heavy (non-hydrogen) atoms. The zero-order valence-corrected chi connectivity index (χ0v) is 31.2. The third kappa shape index (κ3) is 5.31. The highest BCUT2D eigenvalue weighted by molar-refractivity contribution is 6.23. The maximum absolute atomic E-state index is 5.35. The fraction of sp³-hybridized carbons (Fsp3) is 0.0755. The van der Waals surface area contributed by atoms with Crippen LogP contribution >= 0.6 is 0 Å². The molecule has 0 spiro atoms. The summed E-state index contributed by atoms with van der Waals surface area (Å²) in [6.07, 6.45) is 5.72. The van der Waals surface area contributed by atoms with E-state index in [0.29, 0.717) is 5.92 Å². The number of hydrogen-bond acceptors (Lipinski definition) is 2. The van der Waals surface area contributed by atoms with Gasteiger partial charge in [0, 0.05) is 40.5 Å². The van der Waals surface area contributed by atoms with Crippen LogP contribution in [0.1, 0.15) is 28.3 Å². The third-order valence-electron chi connectivity index (χ3n) is 11.9. The van der Waals surface area contributed by atoms with Crippen LogP contribution in [0.15, 0.2) is 187 Å². The highest BCUT2D eigenvalue weighted by atomic mass is 15.1. The van der Waals surface area contributed by atoms with Gasteiger partial charge in [0.2, 0.25) is 0 Å². The highest BCUT2D eigenvalue weighted by Crippen LogP contribution is 2.46. The van der Waals surface area contributed by atoms with E-state index in [2.05, 4.69) is 205 Å². The van der Waals surface area contributed by atoms with Crippen molar-refractivity contribution in [1.29, 1.82) is 0 Å². The molecule has 0 amide bonds. The molecule has 266 valence electrons. The van der Waals surface area contributed by atoms with Crippen molar-refractivity contribution in [3.63, 3.8) is 0 Å². The van der Waals surface area contributed by atoms with Crippen molar-refractivity contribution in [3.05, 3.63) is 204 Å². The van der Waals surface area contributed by atoms with Crippen molar-refractivity contribution in [1.82, 2.24) is 4.57 Å². The Morgan fingerprint density at radius 3 is 1.84 bits per heavy atom. The maximum Gasteiger partial charge on any atom is 0.0952 e. The number of likely N-dealkylation sites (N-methyl/N-ethyl adjacent to an activating group) is 1. The van der Waals surface area contributed by atoms with Crippen molar-refractivity contribution < 1.29 is 0 Å². The van der Waals surface area contributed by atoms with Gasteiger partial charge in [0.05, 0.1) is 29.1 Å². The average molecular weight is 718 g/mol. The first kappa shape index (κ1) is 32.5. The Labute approximate surface area is 327 Å². The first-order chi connectivity index (χ1) is 27.7. The van der Waals surface area contributed by atoms with Gasteiger partial charge >= 0.3 is 0 Å². The molecule has 9 aromatic rings. The van der Waals surface area contributed by atoms with Crippen molar-refractivity contribution in [3.8, 4) is 27.9 Å². The van der Waals surface area contributed by atoms with Crippen LogP contribution in [0.3, 0.4) is 0 Å². The summed E-state index contributed by atoms with van der Waals surface area (Å²) in [5.74, 6) is 0.385. The molecule has 1 unspecified atom stereocenters. The van der Waals surface area contributed by atoms with E-state index in [1.807, 2.05) is 0 Å². The molecular formula is C53H39N3. The summed E-state index contributed by atoms with van der Waals surface area (Å²) in [5.41, 5.74) is 15.8. The fourth-order valence-electron chi connectivity index (χ4n) is 9.19. The Morgan fingerprint density at radius 2 is 1.11 bits per heavy atom. The Bertz CT molecular complexity index is 3020. The summed E-state index contributed by atoms with van der Waals surface area (Å²) in [7, 11) is 2.19. The molecule has 3 heteroatoms. The second kappa shape index (κ2) is 13.1. The molecule has 2 heterocycles. The predicted molar refractivity (Wildman–Crippen MR) is 237 cm³/mol. The minimum atomic E-state index is 0.385. The number of benzene rings is 8. The van der Waals surface area contributed by atoms with Gasteiger partial charge in [-0.1, -0.05) is 158 Å². The monoisotopic (exact) mass is 717 g/mol. The second-order valence-electron chi connectivity index (χ2n) is 15.2. The Hall–Kier alpha value is -6.97. The predicted octanol–water partition coefficient (Wildman–Crippen LogP) is 13.2. The van der Waals surface area contributed by atoms with E-state index < -0.39 is 0 Å². The van der Waals surface area contributed by atoms with E-state index in [0.717, 1.165) is 29.9 Å². The van der Waals surface area contributed by atoms with E-state index in [1.165, 1.54) is 82.9 Å². The molecule has 0 bridgehead atoms. The number of fused-ring (bicyclic) bond motifs is 9. The van der Waals surface area contributed by atoms with E-state index in [-0.39, 0.29) is 0 Å². The lowest BCUT2D eigenvalue weighted by atomic mass is 9.87. The summed E-state index contributed by atoms with van der Waals surface area (Å²) in [6.45, 7) is 0.756. The van der Waals surface area contributed by atoms with Crippen LogP contribution in [-0.2, 0) is 6.42 Å². The molecule has 0 radical (unpaired) electrons. The van der Waals surface area contributed by atoms with Crippen LogP contribution in [-0.4, -0.2) is 23.9 Å². The van der Waals surface area contributed by atoms with Gasteiger partial charge in [-0.2, -0.15) is 0 Å². The van der Waals surface area contributed by atoms with E-state index in [4.69, 9.17) is 4.99 Å². The summed E-state index contributed by atoms with van der Waals surface area (Å²) in [5, 5.41) is 6.31. The Kier molecular flexibility index (Phi) is 7.60. The lowest BCUT2D eigenvalue weighted by molar-refractivity contribution is 0.825. The molecule has 0 N–H and O–H groups in total. The van der Waals surface area contributed by atoms with Crippen molar-refractivity contribution in [2.75, 3.05) is 18.5 Å². The van der Waals surface area contributed by atoms with E-state index in [9.17, 15) is 0 Å². The lowest BCUT2D eigenvalue weighted by Crippen LogP contribution is -2.29. The number of aliphatic imine (C=N–C) groups is 1. The Morgan fingerprint density at radius 1 is 0.518 bits per heavy atom. The molecule has 11 rings (SSSR count). The molecule has 1 aliphatic carbocycles. The number of hydrogen-bond donors (Lipinski definition) is 0. The molecule has 1 aliphatic heterocycles. The number of para-hydroxylation sites is 1. The van der Waals surface area contributed by atoms with Crippen LogP contribution < -0.4 is 4.90 Å². The molecule has 1 aromatic heterocycles. The SMILES string of the molecule is CN1CC(c2ccc(-c3cccc(-c4ccc(-n5c6c(c7ccccc75)CC(c5ccccc5)C=C6)cc4)c3)cc2)=Nc2c1c1ccccc1c1ccccc21. The molecule has 8 aromatic carbocycles. The number of aromatic nitrogens is 1. The molecule has 0 saturated heterocycles. The van der Waals surface area contributed by atoms with Gasteiger partial charge in [-0.05, 0) is 86.5 Å². The Balaban J connectivity index is 0.889. The minimum absolute atomic E-state index is 0.385. The number of rotatable bonds is 5. The van der Waals surface area contributed by atoms with Gasteiger partial charge in [-0.3, -0.25) is 0 Å². The summed E-state index contributed by atoms with van der Waals surface area (Å²) in [4.78, 5) is 7.71. The van der Waals surface area contributed by atoms with Gasteiger partial charge in [0.15, 0.2) is 0 Å². The molecule has 0 saturated carbocycles. The fourth-order valence-corrected chi connectivity index (χ4v) is 9.19. The molecular weight excluding hydrogens is 679 g/mol. The largest absolute Gasteiger partial charge is 0.366 e. The van der Waals surface area contributed by atoms with Crippen molar-refractivity contribution in [2.24, 2.45) is 4.99 Å². The second-order valence-corrected chi connectivity index (χ2v) is 15.2. The normalized spacial score (nSPS) is 14.9. The zero-order chi connectivity index (χ0) is 37.2. The van der Waals surface area contributed by atoms with Crippen molar-refractivity contribution >= 4 is 55.6 Å². The molecule has 3 nitrogen and oxygen atoms in total. The topological polar surface area (TPSA) is 20.5 Å². The van der Waals surface area contributed by atoms with Crippen LogP contribution in [0.25, 0.3) is 66.5 Å². The minimum Gasteiger partial charge on any atom is -0.366 e. The smallest absolute Gasteiger partial charge is 0.0952 e. The van der Waals surface area contributed by atoms with Gasteiger partial charge in [0.25, 0.3) is 0 Å². The maximum atomic E-state index is 5.35. The van der Waals surface area contributed by atoms with Crippen LogP contribution in [0.2, 0.25) is 0 Å². The number of nitrogens with zero attached hydrogens (tertiary/aromatic N) is 3. The van der Waals surface area contributed by atoms with Gasteiger partial charge in [0.1, 0.15) is 0 Å². The summed E-state index contributed by atoms with van der Waals surface area (Å²) < 4.78 is 2.43. The first-order valence-electron chi connectivity index (χ1n) is 19.6. The highest BCUT2D eigenvalue weighted by Gasteiger charge is 2.25. The quantitative estimate of drug-likeness (QED) is 0.162. The van der Waals surface area contributed by atoms with Crippen LogP contribution in [0, 0.1) is 0 Å². The summed E-state index contributed by atoms with van der Waals surface area (Å²) in [6, 6.07) is 64.0. The van der Waals surface area contributed by atoms with E-state index in [1.54, 1.807) is 0 Å². The zero-order valence-electron chi connectivity index (χ0n) is 31.2. The van der Waals surface area contributed by atoms with Gasteiger partial charge in [-0.15, -0.1) is 0 Å². The van der Waals surface area contributed by atoms with Crippen LogP contribution in [0.4, 0.5) is 11.4 Å². The lowest BCUT2D eigenvalue weighted by Gasteiger charge is -2.29. The average Bonchev–Trinajstić information content (AvgIpc) is 3.60. The molecule has 0 fully saturated rings. The number of anilines is 1. The standard InChI is InChI=1S/C53H39N3/c1-55-34-49(54-52-46-19-7-5-16-43(46)44-17-6-8-20-47(44)53(52)55)38-24-22-36(23-25-38)39-14-11-15-40(32-39)37-26-29-42(30-27-37)56-50-21-10-9-18-45(50)48-33-41(28-31-51(48)56)35-12-3-2-4-13-35/h2-32,41H,33-34H2,1H3. The molecule has 1 atom stereocenters. The molecule has 2 aliphatic rings.